The van der Waals surface area contributed by atoms with Crippen LogP contribution in [0.25, 0.3) is 0 Å². The third-order valence-corrected chi connectivity index (χ3v) is 6.84. The quantitative estimate of drug-likeness (QED) is 0.277. The normalized spacial score (nSPS) is 21.6. The van der Waals surface area contributed by atoms with Crippen LogP contribution in [0.5, 0.6) is 0 Å². The molecule has 0 saturated carbocycles. The Morgan fingerprint density at radius 2 is 0.842 bits per heavy atom. The predicted molar refractivity (Wildman–Crippen MR) is 149 cm³/mol. The molecule has 4 aromatic carbocycles. The highest BCUT2D eigenvalue weighted by atomic mass is 16.3. The minimum atomic E-state index is -1.23. The summed E-state index contributed by atoms with van der Waals surface area (Å²) in [5.41, 5.74) is 9.73. The van der Waals surface area contributed by atoms with Crippen molar-refractivity contribution in [1.29, 1.82) is 0 Å². The van der Waals surface area contributed by atoms with E-state index < -0.39 is 30.3 Å². The van der Waals surface area contributed by atoms with Crippen LogP contribution in [0.15, 0.2) is 121 Å². The van der Waals surface area contributed by atoms with Crippen molar-refractivity contribution in [3.05, 3.63) is 132 Å². The number of hydrogen-bond donors (Lipinski definition) is 4. The van der Waals surface area contributed by atoms with Gasteiger partial charge in [-0.1, -0.05) is 97.1 Å². The smallest absolute Gasteiger partial charge is 0.357 e. The monoisotopic (exact) mass is 508 g/mol. The first-order valence-corrected chi connectivity index (χ1v) is 12.8. The van der Waals surface area contributed by atoms with Crippen LogP contribution < -0.4 is 10.9 Å². The summed E-state index contributed by atoms with van der Waals surface area (Å²) in [6.45, 7) is 0. The number of hydrogen-bond acceptors (Lipinski definition) is 5. The van der Waals surface area contributed by atoms with E-state index in [2.05, 4.69) is 10.9 Å². The summed E-state index contributed by atoms with van der Waals surface area (Å²) in [5, 5.41) is 26.2. The summed E-state index contributed by atoms with van der Waals surface area (Å²) in [6, 6.07) is 36.2. The lowest BCUT2D eigenvalue weighted by Crippen LogP contribution is -2.55. The second-order valence-corrected chi connectivity index (χ2v) is 9.47. The minimum Gasteiger partial charge on any atom is -0.388 e. The molecule has 1 aliphatic heterocycles. The molecule has 38 heavy (non-hydrogen) atoms. The molecule has 1 aliphatic rings. The van der Waals surface area contributed by atoms with Gasteiger partial charge in [0.2, 0.25) is 0 Å². The topological polar surface area (TPSA) is 88.1 Å². The Morgan fingerprint density at radius 1 is 0.526 bits per heavy atom. The van der Waals surface area contributed by atoms with Gasteiger partial charge in [0.05, 0.1) is 23.5 Å². The molecule has 7 heteroatoms. The number of aliphatic hydroxyl groups is 2. The second-order valence-electron chi connectivity index (χ2n) is 9.47. The maximum absolute atomic E-state index is 14.4. The van der Waals surface area contributed by atoms with Crippen molar-refractivity contribution < 1.29 is 15.0 Å². The second kappa shape index (κ2) is 11.8. The largest absolute Gasteiger partial charge is 0.388 e. The van der Waals surface area contributed by atoms with Crippen LogP contribution in [0.4, 0.5) is 16.2 Å². The lowest BCUT2D eigenvalue weighted by atomic mass is 9.92. The third-order valence-electron chi connectivity index (χ3n) is 6.84. The first kappa shape index (κ1) is 25.3. The fraction of sp³-hybridized carbons (Fsp3) is 0.194. The molecule has 0 aromatic heterocycles. The summed E-state index contributed by atoms with van der Waals surface area (Å²) in [5.74, 6) is 0. The van der Waals surface area contributed by atoms with Crippen LogP contribution in [-0.2, 0) is 12.8 Å². The van der Waals surface area contributed by atoms with E-state index in [4.69, 9.17) is 0 Å². The Labute approximate surface area is 222 Å². The number of urea groups is 1. The van der Waals surface area contributed by atoms with E-state index in [1.165, 1.54) is 10.0 Å². The number of rotatable bonds is 8. The SMILES string of the molecule is O=C1N(Nc2ccccc2)C(Cc2ccccc2)C(O)C(O)C(Cc2ccccc2)N1Nc1ccccc1. The molecule has 5 rings (SSSR count). The molecule has 1 fully saturated rings. The molecule has 0 spiro atoms. The molecular weight excluding hydrogens is 476 g/mol. The molecule has 4 unspecified atom stereocenters. The van der Waals surface area contributed by atoms with Gasteiger partial charge in [0.1, 0.15) is 12.2 Å². The Kier molecular flexibility index (Phi) is 7.87. The molecule has 4 N–H and O–H groups in total. The van der Waals surface area contributed by atoms with Gasteiger partial charge in [-0.05, 0) is 48.2 Å². The van der Waals surface area contributed by atoms with Crippen LogP contribution in [-0.4, -0.2) is 50.6 Å². The van der Waals surface area contributed by atoms with Gasteiger partial charge in [-0.25, -0.2) is 14.8 Å². The summed E-state index contributed by atoms with van der Waals surface area (Å²) in [6.07, 6.45) is -1.76. The number of nitrogens with one attached hydrogen (secondary N) is 2. The summed E-state index contributed by atoms with van der Waals surface area (Å²) in [4.78, 5) is 14.4. The van der Waals surface area contributed by atoms with Crippen LogP contribution >= 0.6 is 0 Å². The van der Waals surface area contributed by atoms with E-state index in [1.54, 1.807) is 0 Å². The van der Waals surface area contributed by atoms with Gasteiger partial charge in [-0.3, -0.25) is 10.9 Å². The number of benzene rings is 4. The van der Waals surface area contributed by atoms with Crippen molar-refractivity contribution >= 4 is 17.4 Å². The molecule has 0 aliphatic carbocycles. The van der Waals surface area contributed by atoms with Crippen molar-refractivity contribution in [3.63, 3.8) is 0 Å². The zero-order chi connectivity index (χ0) is 26.3. The van der Waals surface area contributed by atoms with Crippen molar-refractivity contribution in [2.75, 3.05) is 10.9 Å². The van der Waals surface area contributed by atoms with Crippen LogP contribution in [0, 0.1) is 0 Å². The number of carbonyl (C=O) groups excluding carboxylic acids is 1. The minimum absolute atomic E-state index is 0.349. The van der Waals surface area contributed by atoms with Gasteiger partial charge in [0, 0.05) is 0 Å². The van der Waals surface area contributed by atoms with Gasteiger partial charge >= 0.3 is 6.03 Å². The molecule has 0 bridgehead atoms. The number of aliphatic hydroxyl groups excluding tert-OH is 2. The predicted octanol–water partition coefficient (Wildman–Crippen LogP) is 4.72. The molecular formula is C31H32N4O3. The van der Waals surface area contributed by atoms with Gasteiger partial charge in [-0.2, -0.15) is 0 Å². The Morgan fingerprint density at radius 3 is 1.18 bits per heavy atom. The summed E-state index contributed by atoms with van der Waals surface area (Å²) < 4.78 is 0. The lowest BCUT2D eigenvalue weighted by Gasteiger charge is -2.36. The first-order valence-electron chi connectivity index (χ1n) is 12.8. The molecule has 4 atom stereocenters. The summed E-state index contributed by atoms with van der Waals surface area (Å²) in [7, 11) is 0. The molecule has 4 aromatic rings. The average Bonchev–Trinajstić information content (AvgIpc) is 3.03. The number of amides is 2. The van der Waals surface area contributed by atoms with E-state index in [-0.39, 0.29) is 0 Å². The Hall–Kier alpha value is -4.33. The number of anilines is 2. The maximum atomic E-state index is 14.4. The van der Waals surface area contributed by atoms with E-state index in [0.29, 0.717) is 24.2 Å². The van der Waals surface area contributed by atoms with Crippen LogP contribution in [0.3, 0.4) is 0 Å². The highest BCUT2D eigenvalue weighted by Gasteiger charge is 2.47. The zero-order valence-corrected chi connectivity index (χ0v) is 21.0. The third kappa shape index (κ3) is 5.80. The highest BCUT2D eigenvalue weighted by Crippen LogP contribution is 2.28. The molecule has 0 radical (unpaired) electrons. The molecule has 194 valence electrons. The van der Waals surface area contributed by atoms with E-state index in [0.717, 1.165) is 11.1 Å². The Balaban J connectivity index is 1.57. The standard InChI is InChI=1S/C31H32N4O3/c36-29-27(21-23-13-5-1-6-14-23)34(32-25-17-9-3-10-18-25)31(38)35(33-26-19-11-4-12-20-26)28(30(29)37)22-24-15-7-2-8-16-24/h1-20,27-30,32-33,36-37H,21-22H2. The number of carbonyl (C=O) groups is 1. The Bertz CT molecular complexity index is 1190. The zero-order valence-electron chi connectivity index (χ0n) is 21.0. The van der Waals surface area contributed by atoms with Crippen molar-refractivity contribution in [3.8, 4) is 0 Å². The fourth-order valence-corrected chi connectivity index (χ4v) is 4.86. The maximum Gasteiger partial charge on any atom is 0.357 e. The number of para-hydroxylation sites is 2. The van der Waals surface area contributed by atoms with E-state index >= 15 is 0 Å². The molecule has 7 nitrogen and oxygen atoms in total. The van der Waals surface area contributed by atoms with Gasteiger partial charge in [-0.15, -0.1) is 0 Å². The molecule has 2 amide bonds. The summed E-state index contributed by atoms with van der Waals surface area (Å²) >= 11 is 0. The van der Waals surface area contributed by atoms with Crippen molar-refractivity contribution in [2.45, 2.75) is 37.1 Å². The van der Waals surface area contributed by atoms with Crippen molar-refractivity contribution in [1.82, 2.24) is 10.0 Å². The van der Waals surface area contributed by atoms with Gasteiger partial charge < -0.3 is 10.2 Å². The van der Waals surface area contributed by atoms with Crippen LogP contribution in [0.2, 0.25) is 0 Å². The van der Waals surface area contributed by atoms with E-state index in [1.807, 2.05) is 121 Å². The molecule has 1 heterocycles. The number of hydrazine groups is 2. The molecule has 1 saturated heterocycles. The fourth-order valence-electron chi connectivity index (χ4n) is 4.86. The highest BCUT2D eigenvalue weighted by molar-refractivity contribution is 5.79. The first-order chi connectivity index (χ1) is 18.6. The van der Waals surface area contributed by atoms with E-state index in [9.17, 15) is 15.0 Å². The number of nitrogens with zero attached hydrogens (tertiary/aromatic N) is 2. The van der Waals surface area contributed by atoms with Gasteiger partial charge in [0.25, 0.3) is 0 Å². The lowest BCUT2D eigenvalue weighted by molar-refractivity contribution is -0.0356. The average molecular weight is 509 g/mol. The van der Waals surface area contributed by atoms with Crippen LogP contribution in [0.1, 0.15) is 11.1 Å². The van der Waals surface area contributed by atoms with Gasteiger partial charge in [0.15, 0.2) is 0 Å². The van der Waals surface area contributed by atoms with Crippen molar-refractivity contribution in [2.24, 2.45) is 0 Å².